The molecule has 0 spiro atoms. The van der Waals surface area contributed by atoms with Crippen molar-refractivity contribution in [3.63, 3.8) is 0 Å². The van der Waals surface area contributed by atoms with Gasteiger partial charge in [0.25, 0.3) is 0 Å². The summed E-state index contributed by atoms with van der Waals surface area (Å²) in [4.78, 5) is 7.75. The van der Waals surface area contributed by atoms with Gasteiger partial charge in [0.1, 0.15) is 10.8 Å². The molecular weight excluding hydrogens is 270 g/mol. The monoisotopic (exact) mass is 289 g/mol. The molecule has 2 N–H and O–H groups in total. The number of rotatable bonds is 1. The molecule has 1 fully saturated rings. The highest BCUT2D eigenvalue weighted by molar-refractivity contribution is 8.04. The average molecular weight is 289 g/mol. The topological polar surface area (TPSA) is 67.4 Å². The molecule has 20 heavy (non-hydrogen) atoms. The van der Waals surface area contributed by atoms with Crippen molar-refractivity contribution in [3.8, 4) is 0 Å². The Balaban J connectivity index is 2.10. The van der Waals surface area contributed by atoms with Crippen molar-refractivity contribution in [1.29, 1.82) is 0 Å². The third-order valence-corrected chi connectivity index (χ3v) is 5.06. The van der Waals surface area contributed by atoms with Crippen LogP contribution >= 0.6 is 11.8 Å². The summed E-state index contributed by atoms with van der Waals surface area (Å²) in [6.45, 7) is 6.12. The minimum Gasteiger partial charge on any atom is -0.384 e. The number of likely N-dealkylation sites (tertiary alicyclic amines) is 1. The van der Waals surface area contributed by atoms with Gasteiger partial charge < -0.3 is 10.6 Å². The zero-order valence-corrected chi connectivity index (χ0v) is 12.9. The number of hydrogen-bond donors (Lipinski definition) is 1. The molecule has 2 aliphatic rings. The normalized spacial score (nSPS) is 22.6. The number of nitrogens with two attached hydrogens (primary N) is 1. The largest absolute Gasteiger partial charge is 0.384 e. The van der Waals surface area contributed by atoms with Crippen LogP contribution in [0.4, 0.5) is 0 Å². The summed E-state index contributed by atoms with van der Waals surface area (Å²) in [6, 6.07) is 0. The second-order valence-corrected chi connectivity index (χ2v) is 6.17. The second-order valence-electron chi connectivity index (χ2n) is 5.17. The summed E-state index contributed by atoms with van der Waals surface area (Å²) in [7, 11) is 1.82. The maximum Gasteiger partial charge on any atom is 0.133 e. The van der Waals surface area contributed by atoms with Crippen LogP contribution in [0.2, 0.25) is 0 Å². The van der Waals surface area contributed by atoms with Gasteiger partial charge in [0, 0.05) is 25.7 Å². The van der Waals surface area contributed by atoms with Gasteiger partial charge in [-0.1, -0.05) is 11.8 Å². The van der Waals surface area contributed by atoms with Crippen LogP contribution in [0, 0.1) is 13.8 Å². The molecule has 0 bridgehead atoms. The summed E-state index contributed by atoms with van der Waals surface area (Å²) < 4.78 is 0. The van der Waals surface area contributed by atoms with Crippen molar-refractivity contribution in [3.05, 3.63) is 27.5 Å². The van der Waals surface area contributed by atoms with Gasteiger partial charge in [-0.3, -0.25) is 4.99 Å². The molecule has 0 unspecified atom stereocenters. The number of hydrogen-bond acceptors (Lipinski definition) is 6. The standard InChI is InChI=1S/C14H19N5S/c1-8-9(2)17-18-14-10(8)11(16-3)12(20-14)13(15)19-6-4-5-7-19/h4-7,15H2,1-3H3/b13-12-,16-11-. The second kappa shape index (κ2) is 5.09. The van der Waals surface area contributed by atoms with E-state index in [-0.39, 0.29) is 0 Å². The van der Waals surface area contributed by atoms with Crippen LogP contribution in [-0.4, -0.2) is 40.9 Å². The van der Waals surface area contributed by atoms with Gasteiger partial charge in [0.2, 0.25) is 0 Å². The third-order valence-electron chi connectivity index (χ3n) is 3.98. The maximum atomic E-state index is 6.37. The van der Waals surface area contributed by atoms with Gasteiger partial charge in [0.05, 0.1) is 16.3 Å². The SMILES string of the molecule is C/N=C1\C(=C(/N)N2CCCC2)Sc2nnc(C)c(C)c21. The van der Waals surface area contributed by atoms with Gasteiger partial charge in [-0.2, -0.15) is 5.10 Å². The Labute approximate surface area is 123 Å². The zero-order chi connectivity index (χ0) is 14.3. The molecule has 0 atom stereocenters. The van der Waals surface area contributed by atoms with E-state index in [0.717, 1.165) is 51.4 Å². The predicted molar refractivity (Wildman–Crippen MR) is 81.8 cm³/mol. The number of thioether (sulfide) groups is 1. The van der Waals surface area contributed by atoms with Crippen LogP contribution in [0.3, 0.4) is 0 Å². The van der Waals surface area contributed by atoms with E-state index in [4.69, 9.17) is 5.73 Å². The average Bonchev–Trinajstić information content (AvgIpc) is 3.09. The van der Waals surface area contributed by atoms with Gasteiger partial charge >= 0.3 is 0 Å². The summed E-state index contributed by atoms with van der Waals surface area (Å²) in [5, 5.41) is 9.43. The Kier molecular flexibility index (Phi) is 3.41. The van der Waals surface area contributed by atoms with E-state index in [1.54, 1.807) is 11.8 Å². The Morgan fingerprint density at radius 3 is 2.60 bits per heavy atom. The molecular formula is C14H19N5S. The number of aliphatic imine (C=N–C) groups is 1. The van der Waals surface area contributed by atoms with E-state index < -0.39 is 0 Å². The van der Waals surface area contributed by atoms with E-state index >= 15 is 0 Å². The molecule has 1 aromatic rings. The van der Waals surface area contributed by atoms with Gasteiger partial charge in [0.15, 0.2) is 0 Å². The van der Waals surface area contributed by atoms with E-state index in [1.807, 2.05) is 14.0 Å². The molecule has 0 saturated carbocycles. The van der Waals surface area contributed by atoms with E-state index in [1.165, 1.54) is 12.8 Å². The summed E-state index contributed by atoms with van der Waals surface area (Å²) >= 11 is 1.60. The lowest BCUT2D eigenvalue weighted by Crippen LogP contribution is -2.27. The molecule has 3 heterocycles. The van der Waals surface area contributed by atoms with Crippen molar-refractivity contribution in [1.82, 2.24) is 15.1 Å². The number of allylic oxidation sites excluding steroid dienone is 1. The summed E-state index contributed by atoms with van der Waals surface area (Å²) in [5.41, 5.74) is 10.5. The maximum absolute atomic E-state index is 6.37. The molecule has 6 heteroatoms. The Hall–Kier alpha value is -1.56. The Morgan fingerprint density at radius 2 is 1.95 bits per heavy atom. The lowest BCUT2D eigenvalue weighted by atomic mass is 10.1. The smallest absolute Gasteiger partial charge is 0.133 e. The van der Waals surface area contributed by atoms with Crippen LogP contribution in [-0.2, 0) is 0 Å². The fourth-order valence-electron chi connectivity index (χ4n) is 2.68. The van der Waals surface area contributed by atoms with Crippen molar-refractivity contribution in [2.24, 2.45) is 10.7 Å². The fraction of sp³-hybridized carbons (Fsp3) is 0.500. The van der Waals surface area contributed by atoms with Crippen molar-refractivity contribution in [2.45, 2.75) is 31.7 Å². The summed E-state index contributed by atoms with van der Waals surface area (Å²) in [5.74, 6) is 0.836. The highest BCUT2D eigenvalue weighted by Crippen LogP contribution is 2.42. The zero-order valence-electron chi connectivity index (χ0n) is 12.1. The van der Waals surface area contributed by atoms with E-state index in [9.17, 15) is 0 Å². The molecule has 1 aromatic heterocycles. The number of nitrogens with zero attached hydrogens (tertiary/aromatic N) is 4. The van der Waals surface area contributed by atoms with Crippen molar-refractivity contribution in [2.75, 3.05) is 20.1 Å². The summed E-state index contributed by atoms with van der Waals surface area (Å²) in [6.07, 6.45) is 2.42. The minimum atomic E-state index is 0.836. The van der Waals surface area contributed by atoms with Crippen molar-refractivity contribution >= 4 is 17.5 Å². The molecule has 5 nitrogen and oxygen atoms in total. The van der Waals surface area contributed by atoms with Crippen LogP contribution < -0.4 is 5.73 Å². The minimum absolute atomic E-state index is 0.836. The molecule has 0 aliphatic carbocycles. The molecule has 0 amide bonds. The first-order valence-corrected chi connectivity index (χ1v) is 7.69. The molecule has 1 saturated heterocycles. The quantitative estimate of drug-likeness (QED) is 0.854. The van der Waals surface area contributed by atoms with Crippen LogP contribution in [0.25, 0.3) is 0 Å². The lowest BCUT2D eigenvalue weighted by molar-refractivity contribution is 0.421. The van der Waals surface area contributed by atoms with E-state index in [0.29, 0.717) is 0 Å². The van der Waals surface area contributed by atoms with Crippen molar-refractivity contribution < 1.29 is 0 Å². The molecule has 2 aliphatic heterocycles. The lowest BCUT2D eigenvalue weighted by Gasteiger charge is -2.19. The van der Waals surface area contributed by atoms with Crippen LogP contribution in [0.15, 0.2) is 20.7 Å². The highest BCUT2D eigenvalue weighted by atomic mass is 32.2. The van der Waals surface area contributed by atoms with E-state index in [2.05, 4.69) is 27.0 Å². The van der Waals surface area contributed by atoms with Gasteiger partial charge in [-0.05, 0) is 32.3 Å². The fourth-order valence-corrected chi connectivity index (χ4v) is 3.83. The first-order valence-electron chi connectivity index (χ1n) is 6.87. The first kappa shape index (κ1) is 13.4. The highest BCUT2D eigenvalue weighted by Gasteiger charge is 2.32. The van der Waals surface area contributed by atoms with Crippen LogP contribution in [0.1, 0.15) is 29.7 Å². The van der Waals surface area contributed by atoms with Crippen LogP contribution in [0.5, 0.6) is 0 Å². The molecule has 3 rings (SSSR count). The van der Waals surface area contributed by atoms with Gasteiger partial charge in [-0.25, -0.2) is 0 Å². The predicted octanol–water partition coefficient (Wildman–Crippen LogP) is 1.84. The van der Waals surface area contributed by atoms with Gasteiger partial charge in [-0.15, -0.1) is 5.10 Å². The third kappa shape index (κ3) is 1.98. The Morgan fingerprint density at radius 1 is 1.25 bits per heavy atom. The number of aromatic nitrogens is 2. The Bertz CT molecular complexity index is 614. The molecule has 106 valence electrons. The number of fused-ring (bicyclic) bond motifs is 1. The molecule has 0 aromatic carbocycles. The first-order chi connectivity index (χ1) is 9.63. The molecule has 0 radical (unpaired) electrons. The number of aryl methyl sites for hydroxylation is 1.